The number of aromatic nitrogens is 2. The Bertz CT molecular complexity index is 813. The number of thiazole rings is 1. The van der Waals surface area contributed by atoms with E-state index in [0.29, 0.717) is 10.5 Å². The molecule has 2 aromatic heterocycles. The average Bonchev–Trinajstić information content (AvgIpc) is 2.98. The Labute approximate surface area is 123 Å². The van der Waals surface area contributed by atoms with E-state index >= 15 is 0 Å². The van der Waals surface area contributed by atoms with Crippen molar-refractivity contribution >= 4 is 27.9 Å². The van der Waals surface area contributed by atoms with Gasteiger partial charge in [-0.2, -0.15) is 9.38 Å². The van der Waals surface area contributed by atoms with E-state index in [1.54, 1.807) is 30.6 Å². The minimum Gasteiger partial charge on any atom is -0.358 e. The van der Waals surface area contributed by atoms with Crippen molar-refractivity contribution in [2.24, 2.45) is 0 Å². The first-order chi connectivity index (χ1) is 10.1. The molecular formula is C13H11FN4O2S. The van der Waals surface area contributed by atoms with E-state index in [4.69, 9.17) is 0 Å². The van der Waals surface area contributed by atoms with Crippen LogP contribution in [-0.2, 0) is 0 Å². The molecule has 21 heavy (non-hydrogen) atoms. The van der Waals surface area contributed by atoms with Gasteiger partial charge in [-0.1, -0.05) is 23.5 Å². The van der Waals surface area contributed by atoms with Crippen LogP contribution in [-0.4, -0.2) is 14.3 Å². The van der Waals surface area contributed by atoms with Crippen molar-refractivity contribution in [3.8, 4) is 0 Å². The normalized spacial score (nSPS) is 12.5. The third-order valence-corrected chi connectivity index (χ3v) is 3.87. The number of fused-ring (bicyclic) bond motifs is 1. The van der Waals surface area contributed by atoms with Crippen LogP contribution in [0.3, 0.4) is 0 Å². The van der Waals surface area contributed by atoms with E-state index < -0.39 is 4.92 Å². The second-order valence-electron chi connectivity index (χ2n) is 4.52. The molecule has 0 bridgehead atoms. The van der Waals surface area contributed by atoms with Crippen LogP contribution in [0, 0.1) is 15.9 Å². The molecule has 0 saturated carbocycles. The second-order valence-corrected chi connectivity index (χ2v) is 5.39. The Morgan fingerprint density at radius 3 is 3.05 bits per heavy atom. The molecule has 0 aliphatic rings. The monoisotopic (exact) mass is 306 g/mol. The van der Waals surface area contributed by atoms with Gasteiger partial charge in [0.05, 0.1) is 6.04 Å². The zero-order valence-corrected chi connectivity index (χ0v) is 11.8. The Kier molecular flexibility index (Phi) is 3.30. The van der Waals surface area contributed by atoms with Gasteiger partial charge in [-0.15, -0.1) is 0 Å². The first kappa shape index (κ1) is 13.5. The predicted molar refractivity (Wildman–Crippen MR) is 78.2 cm³/mol. The van der Waals surface area contributed by atoms with Gasteiger partial charge in [0, 0.05) is 5.38 Å². The molecule has 0 saturated heterocycles. The molecule has 0 amide bonds. The number of imidazole rings is 1. The largest absolute Gasteiger partial charge is 0.372 e. The van der Waals surface area contributed by atoms with E-state index in [0.717, 1.165) is 0 Å². The molecule has 6 nitrogen and oxygen atoms in total. The number of nitrogens with one attached hydrogen (secondary N) is 1. The molecular weight excluding hydrogens is 295 g/mol. The minimum absolute atomic E-state index is 0.116. The number of hydrogen-bond donors (Lipinski definition) is 1. The van der Waals surface area contributed by atoms with Gasteiger partial charge in [0.2, 0.25) is 5.82 Å². The van der Waals surface area contributed by atoms with Crippen LogP contribution >= 0.6 is 11.3 Å². The quantitative estimate of drug-likeness (QED) is 0.590. The number of hydrogen-bond acceptors (Lipinski definition) is 5. The molecule has 0 aliphatic heterocycles. The van der Waals surface area contributed by atoms with Crippen LogP contribution in [0.4, 0.5) is 16.0 Å². The summed E-state index contributed by atoms with van der Waals surface area (Å²) in [5, 5.41) is 15.9. The third kappa shape index (κ3) is 2.45. The van der Waals surface area contributed by atoms with Gasteiger partial charge in [0.15, 0.2) is 0 Å². The summed E-state index contributed by atoms with van der Waals surface area (Å²) in [4.78, 5) is 15.5. The van der Waals surface area contributed by atoms with Gasteiger partial charge in [-0.25, -0.2) is 4.39 Å². The van der Waals surface area contributed by atoms with Crippen molar-refractivity contribution in [1.82, 2.24) is 9.38 Å². The fourth-order valence-corrected chi connectivity index (χ4v) is 2.82. The highest BCUT2D eigenvalue weighted by Gasteiger charge is 2.24. The topological polar surface area (TPSA) is 72.5 Å². The second kappa shape index (κ2) is 5.13. The highest BCUT2D eigenvalue weighted by Crippen LogP contribution is 2.30. The fraction of sp³-hybridized carbons (Fsp3) is 0.154. The van der Waals surface area contributed by atoms with E-state index in [-0.39, 0.29) is 23.5 Å². The average molecular weight is 306 g/mol. The van der Waals surface area contributed by atoms with Crippen molar-refractivity contribution in [3.63, 3.8) is 0 Å². The molecule has 8 heteroatoms. The smallest absolute Gasteiger partial charge is 0.358 e. The Morgan fingerprint density at radius 1 is 1.52 bits per heavy atom. The first-order valence-electron chi connectivity index (χ1n) is 6.18. The van der Waals surface area contributed by atoms with Crippen LogP contribution in [0.15, 0.2) is 35.8 Å². The lowest BCUT2D eigenvalue weighted by molar-refractivity contribution is -0.389. The Balaban J connectivity index is 1.96. The van der Waals surface area contributed by atoms with Crippen LogP contribution in [0.25, 0.3) is 4.96 Å². The maximum Gasteiger partial charge on any atom is 0.372 e. The lowest BCUT2D eigenvalue weighted by Gasteiger charge is -2.13. The summed E-state index contributed by atoms with van der Waals surface area (Å²) in [7, 11) is 0. The van der Waals surface area contributed by atoms with E-state index in [9.17, 15) is 14.5 Å². The number of nitrogens with zero attached hydrogens (tertiary/aromatic N) is 3. The van der Waals surface area contributed by atoms with Gasteiger partial charge < -0.3 is 15.4 Å². The molecule has 0 fully saturated rings. The summed E-state index contributed by atoms with van der Waals surface area (Å²) in [5.41, 5.74) is 0.695. The minimum atomic E-state index is -0.479. The predicted octanol–water partition coefficient (Wildman–Crippen LogP) is 3.62. The van der Waals surface area contributed by atoms with Crippen molar-refractivity contribution < 1.29 is 9.31 Å². The molecule has 0 radical (unpaired) electrons. The number of nitro groups is 1. The SMILES string of the molecule is CC(Nc1nc2sccn2c1[N+](=O)[O-])c1cccc(F)c1. The first-order valence-corrected chi connectivity index (χ1v) is 7.06. The number of anilines is 1. The van der Waals surface area contributed by atoms with Crippen molar-refractivity contribution in [2.75, 3.05) is 5.32 Å². The van der Waals surface area contributed by atoms with Gasteiger partial charge in [0.1, 0.15) is 12.0 Å². The van der Waals surface area contributed by atoms with E-state index in [1.165, 1.54) is 27.9 Å². The maximum atomic E-state index is 13.2. The summed E-state index contributed by atoms with van der Waals surface area (Å²) in [6.07, 6.45) is 1.60. The Morgan fingerprint density at radius 2 is 2.33 bits per heavy atom. The Hall–Kier alpha value is -2.48. The van der Waals surface area contributed by atoms with Crippen molar-refractivity contribution in [1.29, 1.82) is 0 Å². The molecule has 1 N–H and O–H groups in total. The molecule has 1 aromatic carbocycles. The van der Waals surface area contributed by atoms with E-state index in [1.807, 2.05) is 0 Å². The zero-order valence-electron chi connectivity index (χ0n) is 11.0. The molecule has 0 aliphatic carbocycles. The summed E-state index contributed by atoms with van der Waals surface area (Å²) in [5.74, 6) is -0.278. The third-order valence-electron chi connectivity index (χ3n) is 3.11. The van der Waals surface area contributed by atoms with Crippen LogP contribution in [0.5, 0.6) is 0 Å². The summed E-state index contributed by atoms with van der Waals surface area (Å²) in [6, 6.07) is 5.80. The van der Waals surface area contributed by atoms with Crippen molar-refractivity contribution in [3.05, 3.63) is 57.3 Å². The highest BCUT2D eigenvalue weighted by atomic mass is 32.1. The number of benzene rings is 1. The summed E-state index contributed by atoms with van der Waals surface area (Å²) >= 11 is 1.31. The fourth-order valence-electron chi connectivity index (χ4n) is 2.11. The van der Waals surface area contributed by atoms with Crippen molar-refractivity contribution in [2.45, 2.75) is 13.0 Å². The number of halogens is 1. The maximum absolute atomic E-state index is 13.2. The lowest BCUT2D eigenvalue weighted by atomic mass is 10.1. The van der Waals surface area contributed by atoms with Crippen LogP contribution < -0.4 is 5.32 Å². The standard InChI is InChI=1S/C13H11FN4O2S/c1-8(9-3-2-4-10(14)7-9)15-11-12(18(19)20)17-5-6-21-13(17)16-11/h2-8,15H,1H3. The van der Waals surface area contributed by atoms with Gasteiger partial charge in [0.25, 0.3) is 4.96 Å². The summed E-state index contributed by atoms with van der Waals surface area (Å²) in [6.45, 7) is 1.80. The van der Waals surface area contributed by atoms with Crippen LogP contribution in [0.2, 0.25) is 0 Å². The molecule has 108 valence electrons. The molecule has 1 atom stereocenters. The zero-order chi connectivity index (χ0) is 15.0. The molecule has 2 heterocycles. The molecule has 1 unspecified atom stereocenters. The van der Waals surface area contributed by atoms with Gasteiger partial charge in [-0.3, -0.25) is 0 Å². The van der Waals surface area contributed by atoms with E-state index in [2.05, 4.69) is 10.3 Å². The van der Waals surface area contributed by atoms with Gasteiger partial charge >= 0.3 is 5.82 Å². The highest BCUT2D eigenvalue weighted by molar-refractivity contribution is 7.15. The lowest BCUT2D eigenvalue weighted by Crippen LogP contribution is -2.09. The van der Waals surface area contributed by atoms with Gasteiger partial charge in [-0.05, 0) is 29.5 Å². The van der Waals surface area contributed by atoms with Crippen LogP contribution in [0.1, 0.15) is 18.5 Å². The summed E-state index contributed by atoms with van der Waals surface area (Å²) < 4.78 is 14.7. The molecule has 3 rings (SSSR count). The number of rotatable bonds is 4. The molecule has 0 spiro atoms. The molecule has 3 aromatic rings.